The molecule has 1 fully saturated rings. The van der Waals surface area contributed by atoms with Crippen LogP contribution in [0.3, 0.4) is 0 Å². The minimum Gasteiger partial charge on any atom is -0.464 e. The van der Waals surface area contributed by atoms with Crippen molar-refractivity contribution < 1.29 is 19.0 Å². The summed E-state index contributed by atoms with van der Waals surface area (Å²) in [6, 6.07) is 0. The van der Waals surface area contributed by atoms with Gasteiger partial charge in [-0.15, -0.1) is 0 Å². The average Bonchev–Trinajstić information content (AvgIpc) is 2.33. The van der Waals surface area contributed by atoms with Crippen LogP contribution < -0.4 is 0 Å². The van der Waals surface area contributed by atoms with E-state index in [1.807, 2.05) is 0 Å². The summed E-state index contributed by atoms with van der Waals surface area (Å²) in [5.41, 5.74) is -0.944. The van der Waals surface area contributed by atoms with Crippen LogP contribution in [0.4, 0.5) is 0 Å². The molecule has 1 saturated heterocycles. The van der Waals surface area contributed by atoms with Gasteiger partial charge in [0.2, 0.25) is 6.29 Å². The third-order valence-electron chi connectivity index (χ3n) is 1.63. The molecule has 0 aromatic carbocycles. The highest BCUT2D eigenvalue weighted by molar-refractivity contribution is 5.79. The van der Waals surface area contributed by atoms with Crippen LogP contribution >= 0.6 is 0 Å². The largest absolute Gasteiger partial charge is 0.464 e. The van der Waals surface area contributed by atoms with Gasteiger partial charge in [0.25, 0.3) is 0 Å². The van der Waals surface area contributed by atoms with E-state index in [0.29, 0.717) is 12.9 Å². The summed E-state index contributed by atoms with van der Waals surface area (Å²) in [5, 5.41) is 0. The second-order valence-electron chi connectivity index (χ2n) is 2.83. The Morgan fingerprint density at radius 3 is 2.83 bits per heavy atom. The SMILES string of the molecule is CCOC(=O)C1(C)CO[C](C)O1. The Morgan fingerprint density at radius 1 is 1.75 bits per heavy atom. The third-order valence-corrected chi connectivity index (χ3v) is 1.63. The Balaban J connectivity index is 2.54. The minimum absolute atomic E-state index is 0.234. The fourth-order valence-electron chi connectivity index (χ4n) is 1.000. The fraction of sp³-hybridized carbons (Fsp3) is 0.750. The number of ether oxygens (including phenoxy) is 3. The molecule has 4 nitrogen and oxygen atoms in total. The van der Waals surface area contributed by atoms with Crippen LogP contribution in [0.5, 0.6) is 0 Å². The molecule has 0 saturated carbocycles. The van der Waals surface area contributed by atoms with E-state index in [9.17, 15) is 4.79 Å². The average molecular weight is 173 g/mol. The standard InChI is InChI=1S/C8H13O4/c1-4-10-7(9)8(3)5-11-6(2)12-8/h4-5H2,1-3H3. The summed E-state index contributed by atoms with van der Waals surface area (Å²) < 4.78 is 15.0. The summed E-state index contributed by atoms with van der Waals surface area (Å²) >= 11 is 0. The van der Waals surface area contributed by atoms with Crippen molar-refractivity contribution >= 4 is 5.97 Å². The van der Waals surface area contributed by atoms with Crippen LogP contribution in [0, 0.1) is 6.29 Å². The zero-order valence-electron chi connectivity index (χ0n) is 7.55. The Bertz CT molecular complexity index is 180. The van der Waals surface area contributed by atoms with E-state index < -0.39 is 5.60 Å². The third kappa shape index (κ3) is 1.76. The van der Waals surface area contributed by atoms with Gasteiger partial charge in [0.15, 0.2) is 5.60 Å². The summed E-state index contributed by atoms with van der Waals surface area (Å²) in [6.45, 7) is 5.67. The van der Waals surface area contributed by atoms with Gasteiger partial charge in [-0.1, -0.05) is 0 Å². The molecule has 0 spiro atoms. The lowest BCUT2D eigenvalue weighted by Crippen LogP contribution is -2.39. The van der Waals surface area contributed by atoms with Gasteiger partial charge in [0, 0.05) is 0 Å². The van der Waals surface area contributed by atoms with Crippen molar-refractivity contribution in [2.45, 2.75) is 26.4 Å². The summed E-state index contributed by atoms with van der Waals surface area (Å²) in [4.78, 5) is 11.3. The maximum Gasteiger partial charge on any atom is 0.340 e. The van der Waals surface area contributed by atoms with Gasteiger partial charge in [-0.2, -0.15) is 0 Å². The molecular weight excluding hydrogens is 160 g/mol. The first-order valence-electron chi connectivity index (χ1n) is 3.91. The molecule has 0 aliphatic carbocycles. The molecule has 0 aromatic heterocycles. The molecule has 12 heavy (non-hydrogen) atoms. The lowest BCUT2D eigenvalue weighted by molar-refractivity contribution is -0.162. The summed E-state index contributed by atoms with van der Waals surface area (Å²) in [6.07, 6.45) is 0.422. The van der Waals surface area contributed by atoms with E-state index in [2.05, 4.69) is 0 Å². The van der Waals surface area contributed by atoms with Crippen molar-refractivity contribution in [2.24, 2.45) is 0 Å². The second-order valence-corrected chi connectivity index (χ2v) is 2.83. The molecule has 1 atom stereocenters. The van der Waals surface area contributed by atoms with Crippen molar-refractivity contribution in [3.63, 3.8) is 0 Å². The predicted octanol–water partition coefficient (Wildman–Crippen LogP) is 0.864. The molecule has 69 valence electrons. The van der Waals surface area contributed by atoms with Crippen LogP contribution in [-0.4, -0.2) is 24.8 Å². The number of carbonyl (C=O) groups is 1. The highest BCUT2D eigenvalue weighted by Crippen LogP contribution is 2.27. The molecule has 1 radical (unpaired) electrons. The molecule has 1 aliphatic heterocycles. The molecular formula is C8H13O4. The first-order valence-corrected chi connectivity index (χ1v) is 3.91. The maximum atomic E-state index is 11.3. The smallest absolute Gasteiger partial charge is 0.340 e. The van der Waals surface area contributed by atoms with E-state index in [0.717, 1.165) is 0 Å². The van der Waals surface area contributed by atoms with Crippen molar-refractivity contribution in [1.82, 2.24) is 0 Å². The Labute approximate surface area is 71.8 Å². The van der Waals surface area contributed by atoms with Crippen molar-refractivity contribution in [3.8, 4) is 0 Å². The van der Waals surface area contributed by atoms with Crippen molar-refractivity contribution in [3.05, 3.63) is 6.29 Å². The molecule has 0 N–H and O–H groups in total. The Kier molecular flexibility index (Phi) is 2.69. The quantitative estimate of drug-likeness (QED) is 0.581. The first kappa shape index (κ1) is 9.48. The highest BCUT2D eigenvalue weighted by Gasteiger charge is 2.44. The van der Waals surface area contributed by atoms with Crippen molar-refractivity contribution in [1.29, 1.82) is 0 Å². The lowest BCUT2D eigenvalue weighted by atomic mass is 10.1. The van der Waals surface area contributed by atoms with Crippen LogP contribution in [-0.2, 0) is 19.0 Å². The molecule has 1 unspecified atom stereocenters. The van der Waals surface area contributed by atoms with E-state index in [1.165, 1.54) is 0 Å². The van der Waals surface area contributed by atoms with E-state index in [1.54, 1.807) is 20.8 Å². The van der Waals surface area contributed by atoms with E-state index in [-0.39, 0.29) is 12.6 Å². The van der Waals surface area contributed by atoms with Gasteiger partial charge < -0.3 is 14.2 Å². The van der Waals surface area contributed by atoms with Crippen LogP contribution in [0.2, 0.25) is 0 Å². The first-order chi connectivity index (χ1) is 5.58. The number of hydrogen-bond acceptors (Lipinski definition) is 4. The summed E-state index contributed by atoms with van der Waals surface area (Å²) in [7, 11) is 0. The van der Waals surface area contributed by atoms with Gasteiger partial charge >= 0.3 is 5.97 Å². The number of esters is 1. The van der Waals surface area contributed by atoms with Crippen LogP contribution in [0.1, 0.15) is 20.8 Å². The van der Waals surface area contributed by atoms with E-state index in [4.69, 9.17) is 14.2 Å². The summed E-state index contributed by atoms with van der Waals surface area (Å²) in [5.74, 6) is -0.373. The van der Waals surface area contributed by atoms with Crippen LogP contribution in [0.25, 0.3) is 0 Å². The number of hydrogen-bond donors (Lipinski definition) is 0. The zero-order valence-corrected chi connectivity index (χ0v) is 7.55. The maximum absolute atomic E-state index is 11.3. The highest BCUT2D eigenvalue weighted by atomic mass is 16.7. The van der Waals surface area contributed by atoms with Gasteiger partial charge in [-0.05, 0) is 20.8 Å². The molecule has 0 bridgehead atoms. The number of carbonyl (C=O) groups excluding carboxylic acids is 1. The van der Waals surface area contributed by atoms with E-state index >= 15 is 0 Å². The molecule has 1 rings (SSSR count). The second kappa shape index (κ2) is 3.41. The normalized spacial score (nSPS) is 30.6. The monoisotopic (exact) mass is 173 g/mol. The van der Waals surface area contributed by atoms with Gasteiger partial charge in [-0.3, -0.25) is 0 Å². The lowest BCUT2D eigenvalue weighted by Gasteiger charge is -2.18. The Morgan fingerprint density at radius 2 is 2.42 bits per heavy atom. The predicted molar refractivity (Wildman–Crippen MR) is 41.0 cm³/mol. The zero-order chi connectivity index (χ0) is 9.19. The van der Waals surface area contributed by atoms with Gasteiger partial charge in [-0.25, -0.2) is 4.79 Å². The fourth-order valence-corrected chi connectivity index (χ4v) is 1.000. The molecule has 0 amide bonds. The van der Waals surface area contributed by atoms with Gasteiger partial charge in [0.1, 0.15) is 0 Å². The Hall–Kier alpha value is -0.610. The topological polar surface area (TPSA) is 44.8 Å². The van der Waals surface area contributed by atoms with Crippen molar-refractivity contribution in [2.75, 3.05) is 13.2 Å². The molecule has 0 aromatic rings. The van der Waals surface area contributed by atoms with Gasteiger partial charge in [0.05, 0.1) is 13.2 Å². The van der Waals surface area contributed by atoms with Crippen LogP contribution in [0.15, 0.2) is 0 Å². The molecule has 1 aliphatic rings. The molecule has 4 heteroatoms. The molecule has 1 heterocycles. The number of rotatable bonds is 2. The minimum atomic E-state index is -0.944.